The molecule has 0 aliphatic rings. The van der Waals surface area contributed by atoms with Crippen LogP contribution in [0.25, 0.3) is 0 Å². The highest BCUT2D eigenvalue weighted by molar-refractivity contribution is 5.96. The van der Waals surface area contributed by atoms with Crippen LogP contribution >= 0.6 is 0 Å². The summed E-state index contributed by atoms with van der Waals surface area (Å²) in [5.41, 5.74) is -1.23. The normalized spacial score (nSPS) is 12.6. The van der Waals surface area contributed by atoms with E-state index in [1.807, 2.05) is 0 Å². The molecule has 1 aromatic carbocycles. The number of hydrogen-bond acceptors (Lipinski definition) is 2. The standard InChI is InChI=1S/C13H12F3NO3/c1-2-4-10(12(19)20)17-11(18)8-5-3-6-9(7-8)13(14,15)16/h2-3,5-7,10H,1,4H2,(H,17,18)(H,19,20). The van der Waals surface area contributed by atoms with E-state index in [-0.39, 0.29) is 12.0 Å². The summed E-state index contributed by atoms with van der Waals surface area (Å²) in [7, 11) is 0. The predicted octanol–water partition coefficient (Wildman–Crippen LogP) is 2.46. The predicted molar refractivity (Wildman–Crippen MR) is 65.1 cm³/mol. The van der Waals surface area contributed by atoms with Gasteiger partial charge < -0.3 is 10.4 Å². The summed E-state index contributed by atoms with van der Waals surface area (Å²) < 4.78 is 37.5. The van der Waals surface area contributed by atoms with Crippen LogP contribution in [-0.2, 0) is 11.0 Å². The van der Waals surface area contributed by atoms with Crippen molar-refractivity contribution < 1.29 is 27.9 Å². The molecule has 0 aliphatic heterocycles. The van der Waals surface area contributed by atoms with Crippen molar-refractivity contribution >= 4 is 11.9 Å². The lowest BCUT2D eigenvalue weighted by Gasteiger charge is -2.13. The number of nitrogens with one attached hydrogen (secondary N) is 1. The number of rotatable bonds is 5. The Hall–Kier alpha value is -2.31. The topological polar surface area (TPSA) is 66.4 Å². The minimum Gasteiger partial charge on any atom is -0.480 e. The molecule has 108 valence electrons. The third kappa shape index (κ3) is 4.11. The van der Waals surface area contributed by atoms with Crippen molar-refractivity contribution in [2.75, 3.05) is 0 Å². The fourth-order valence-electron chi connectivity index (χ4n) is 1.47. The molecule has 0 aliphatic carbocycles. The van der Waals surface area contributed by atoms with E-state index in [0.717, 1.165) is 12.1 Å². The Kier molecular flexibility index (Phi) is 4.90. The van der Waals surface area contributed by atoms with Crippen LogP contribution in [0.1, 0.15) is 22.3 Å². The van der Waals surface area contributed by atoms with Gasteiger partial charge in [-0.3, -0.25) is 4.79 Å². The van der Waals surface area contributed by atoms with Gasteiger partial charge in [0.15, 0.2) is 0 Å². The molecule has 4 nitrogen and oxygen atoms in total. The van der Waals surface area contributed by atoms with Gasteiger partial charge in [0.05, 0.1) is 5.56 Å². The largest absolute Gasteiger partial charge is 0.480 e. The number of carboxylic acid groups (broad SMARTS) is 1. The molecule has 2 N–H and O–H groups in total. The van der Waals surface area contributed by atoms with Gasteiger partial charge in [-0.2, -0.15) is 13.2 Å². The Morgan fingerprint density at radius 1 is 1.40 bits per heavy atom. The van der Waals surface area contributed by atoms with Crippen LogP contribution < -0.4 is 5.32 Å². The lowest BCUT2D eigenvalue weighted by Crippen LogP contribution is -2.40. The van der Waals surface area contributed by atoms with E-state index in [1.54, 1.807) is 0 Å². The number of benzene rings is 1. The van der Waals surface area contributed by atoms with Crippen molar-refractivity contribution in [1.82, 2.24) is 5.32 Å². The SMILES string of the molecule is C=CCC(NC(=O)c1cccc(C(F)(F)F)c1)C(=O)O. The first-order chi connectivity index (χ1) is 9.25. The molecule has 0 saturated carbocycles. The zero-order chi connectivity index (χ0) is 15.3. The van der Waals surface area contributed by atoms with Crippen molar-refractivity contribution in [2.45, 2.75) is 18.6 Å². The molecule has 20 heavy (non-hydrogen) atoms. The summed E-state index contributed by atoms with van der Waals surface area (Å²) in [6.07, 6.45) is -3.30. The zero-order valence-corrected chi connectivity index (χ0v) is 10.3. The second-order valence-electron chi connectivity index (χ2n) is 3.97. The van der Waals surface area contributed by atoms with Gasteiger partial charge in [0, 0.05) is 5.56 Å². The molecule has 1 atom stereocenters. The average Bonchev–Trinajstić information content (AvgIpc) is 2.37. The lowest BCUT2D eigenvalue weighted by molar-refractivity contribution is -0.139. The number of halogens is 3. The van der Waals surface area contributed by atoms with Gasteiger partial charge in [-0.05, 0) is 24.6 Å². The average molecular weight is 287 g/mol. The molecule has 0 spiro atoms. The Labute approximate surface area is 112 Å². The van der Waals surface area contributed by atoms with Gasteiger partial charge in [-0.15, -0.1) is 6.58 Å². The summed E-state index contributed by atoms with van der Waals surface area (Å²) in [6.45, 7) is 3.35. The van der Waals surface area contributed by atoms with Crippen molar-refractivity contribution in [3.05, 3.63) is 48.0 Å². The van der Waals surface area contributed by atoms with Gasteiger partial charge in [0.2, 0.25) is 0 Å². The first kappa shape index (κ1) is 15.7. The third-order valence-electron chi connectivity index (χ3n) is 2.46. The summed E-state index contributed by atoms with van der Waals surface area (Å²) in [5, 5.41) is 11.0. The maximum atomic E-state index is 12.5. The van der Waals surface area contributed by atoms with Crippen LogP contribution in [0.4, 0.5) is 13.2 Å². The molecule has 0 aromatic heterocycles. The van der Waals surface area contributed by atoms with Crippen LogP contribution in [-0.4, -0.2) is 23.0 Å². The minimum atomic E-state index is -4.57. The van der Waals surface area contributed by atoms with Gasteiger partial charge >= 0.3 is 12.1 Å². The highest BCUT2D eigenvalue weighted by Crippen LogP contribution is 2.29. The number of aliphatic carboxylic acids is 1. The van der Waals surface area contributed by atoms with E-state index < -0.39 is 29.7 Å². The highest BCUT2D eigenvalue weighted by atomic mass is 19.4. The molecule has 1 rings (SSSR count). The minimum absolute atomic E-state index is 0.0277. The molecule has 7 heteroatoms. The van der Waals surface area contributed by atoms with E-state index >= 15 is 0 Å². The molecule has 0 fully saturated rings. The summed E-state index contributed by atoms with van der Waals surface area (Å²) >= 11 is 0. The van der Waals surface area contributed by atoms with Crippen molar-refractivity contribution in [2.24, 2.45) is 0 Å². The van der Waals surface area contributed by atoms with Gasteiger partial charge in [0.1, 0.15) is 6.04 Å². The van der Waals surface area contributed by atoms with Crippen LogP contribution in [0.3, 0.4) is 0 Å². The maximum absolute atomic E-state index is 12.5. The Morgan fingerprint density at radius 3 is 2.55 bits per heavy atom. The fourth-order valence-corrected chi connectivity index (χ4v) is 1.47. The van der Waals surface area contributed by atoms with Crippen LogP contribution in [0.2, 0.25) is 0 Å². The number of alkyl halides is 3. The first-order valence-electron chi connectivity index (χ1n) is 5.57. The van der Waals surface area contributed by atoms with Crippen LogP contribution in [0.5, 0.6) is 0 Å². The number of amides is 1. The fraction of sp³-hybridized carbons (Fsp3) is 0.231. The molecule has 0 radical (unpaired) electrons. The van der Waals surface area contributed by atoms with Gasteiger partial charge in [-0.1, -0.05) is 12.1 Å². The third-order valence-corrected chi connectivity index (χ3v) is 2.46. The smallest absolute Gasteiger partial charge is 0.416 e. The second kappa shape index (κ2) is 6.23. The lowest BCUT2D eigenvalue weighted by atomic mass is 10.1. The number of hydrogen-bond donors (Lipinski definition) is 2. The molecule has 1 aromatic rings. The summed E-state index contributed by atoms with van der Waals surface area (Å²) in [6, 6.07) is 2.53. The Balaban J connectivity index is 2.92. The molecule has 0 bridgehead atoms. The van der Waals surface area contributed by atoms with Crippen molar-refractivity contribution in [1.29, 1.82) is 0 Å². The van der Waals surface area contributed by atoms with E-state index in [2.05, 4.69) is 11.9 Å². The molecule has 0 saturated heterocycles. The second-order valence-corrected chi connectivity index (χ2v) is 3.97. The molecule has 1 amide bonds. The number of carbonyl (C=O) groups excluding carboxylic acids is 1. The summed E-state index contributed by atoms with van der Waals surface area (Å²) in [4.78, 5) is 22.6. The quantitative estimate of drug-likeness (QED) is 0.817. The summed E-state index contributed by atoms with van der Waals surface area (Å²) in [5.74, 6) is -2.17. The first-order valence-corrected chi connectivity index (χ1v) is 5.57. The van der Waals surface area contributed by atoms with Gasteiger partial charge in [0.25, 0.3) is 5.91 Å². The van der Waals surface area contributed by atoms with E-state index in [9.17, 15) is 22.8 Å². The van der Waals surface area contributed by atoms with Crippen molar-refractivity contribution in [3.63, 3.8) is 0 Å². The Morgan fingerprint density at radius 2 is 2.05 bits per heavy atom. The van der Waals surface area contributed by atoms with Crippen LogP contribution in [0, 0.1) is 0 Å². The van der Waals surface area contributed by atoms with Crippen LogP contribution in [0.15, 0.2) is 36.9 Å². The highest BCUT2D eigenvalue weighted by Gasteiger charge is 2.31. The number of carbonyl (C=O) groups is 2. The molecule has 1 unspecified atom stereocenters. The van der Waals surface area contributed by atoms with E-state index in [1.165, 1.54) is 12.1 Å². The van der Waals surface area contributed by atoms with E-state index in [4.69, 9.17) is 5.11 Å². The zero-order valence-electron chi connectivity index (χ0n) is 10.3. The maximum Gasteiger partial charge on any atom is 0.416 e. The Bertz CT molecular complexity index is 526. The van der Waals surface area contributed by atoms with Crippen molar-refractivity contribution in [3.8, 4) is 0 Å². The molecule has 0 heterocycles. The molecular formula is C13H12F3NO3. The van der Waals surface area contributed by atoms with Gasteiger partial charge in [-0.25, -0.2) is 4.79 Å². The molecular weight excluding hydrogens is 275 g/mol. The van der Waals surface area contributed by atoms with E-state index in [0.29, 0.717) is 6.07 Å². The monoisotopic (exact) mass is 287 g/mol. The number of carboxylic acids is 1.